The molecule has 0 fully saturated rings. The molecule has 0 unspecified atom stereocenters. The highest BCUT2D eigenvalue weighted by Gasteiger charge is 2.19. The molecular formula is C18H17FN4O6. The molecule has 0 aliphatic carbocycles. The molecule has 0 aliphatic heterocycles. The zero-order valence-electron chi connectivity index (χ0n) is 15.3. The lowest BCUT2D eigenvalue weighted by atomic mass is 10.1. The van der Waals surface area contributed by atoms with E-state index in [1.165, 1.54) is 31.3 Å². The van der Waals surface area contributed by atoms with Crippen LogP contribution in [0.3, 0.4) is 0 Å². The van der Waals surface area contributed by atoms with Crippen LogP contribution in [0, 0.1) is 15.9 Å². The van der Waals surface area contributed by atoms with Crippen molar-refractivity contribution < 1.29 is 28.4 Å². The van der Waals surface area contributed by atoms with E-state index < -0.39 is 35.1 Å². The van der Waals surface area contributed by atoms with Crippen molar-refractivity contribution in [3.63, 3.8) is 0 Å². The molecule has 10 nitrogen and oxygen atoms in total. The van der Waals surface area contributed by atoms with E-state index in [2.05, 4.69) is 5.32 Å². The van der Waals surface area contributed by atoms with Crippen molar-refractivity contribution in [3.8, 4) is 0 Å². The van der Waals surface area contributed by atoms with Gasteiger partial charge in [0.1, 0.15) is 5.82 Å². The first-order valence-corrected chi connectivity index (χ1v) is 8.18. The molecule has 0 bridgehead atoms. The van der Waals surface area contributed by atoms with Crippen LogP contribution in [-0.4, -0.2) is 47.8 Å². The maximum Gasteiger partial charge on any atom is 0.340 e. The van der Waals surface area contributed by atoms with Gasteiger partial charge in [0, 0.05) is 24.9 Å². The van der Waals surface area contributed by atoms with Gasteiger partial charge in [0.15, 0.2) is 6.61 Å². The third-order valence-corrected chi connectivity index (χ3v) is 3.73. The fraction of sp³-hybridized carbons (Fsp3) is 0.167. The molecule has 0 atom stereocenters. The van der Waals surface area contributed by atoms with Gasteiger partial charge in [0.25, 0.3) is 11.6 Å². The second-order valence-electron chi connectivity index (χ2n) is 5.91. The van der Waals surface area contributed by atoms with Gasteiger partial charge >= 0.3 is 5.97 Å². The molecule has 0 spiro atoms. The molecule has 2 aromatic carbocycles. The smallest absolute Gasteiger partial charge is 0.340 e. The number of halogens is 1. The first-order valence-electron chi connectivity index (χ1n) is 8.18. The lowest BCUT2D eigenvalue weighted by Crippen LogP contribution is -2.37. The number of nitrogen functional groups attached to an aromatic ring is 1. The van der Waals surface area contributed by atoms with Gasteiger partial charge in [-0.25, -0.2) is 9.18 Å². The number of nitrogens with zero attached hydrogens (tertiary/aromatic N) is 2. The van der Waals surface area contributed by atoms with E-state index in [0.29, 0.717) is 5.69 Å². The van der Waals surface area contributed by atoms with Crippen LogP contribution >= 0.6 is 0 Å². The Morgan fingerprint density at radius 1 is 1.21 bits per heavy atom. The Morgan fingerprint density at radius 3 is 2.45 bits per heavy atom. The van der Waals surface area contributed by atoms with E-state index in [0.717, 1.165) is 23.1 Å². The van der Waals surface area contributed by atoms with Crippen LogP contribution in [0.4, 0.5) is 21.5 Å². The Hall–Kier alpha value is -4.02. The Labute approximate surface area is 164 Å². The topological polar surface area (TPSA) is 145 Å². The molecule has 152 valence electrons. The number of nitro benzene ring substituents is 1. The van der Waals surface area contributed by atoms with Gasteiger partial charge in [-0.1, -0.05) is 0 Å². The minimum Gasteiger partial charge on any atom is -0.452 e. The number of rotatable bonds is 7. The Bertz CT molecular complexity index is 948. The summed E-state index contributed by atoms with van der Waals surface area (Å²) in [6.07, 6.45) is 0. The van der Waals surface area contributed by atoms with Crippen molar-refractivity contribution in [2.24, 2.45) is 0 Å². The highest BCUT2D eigenvalue weighted by molar-refractivity contribution is 5.97. The largest absolute Gasteiger partial charge is 0.452 e. The number of nitrogens with two attached hydrogens (primary N) is 1. The number of carbonyl (C=O) groups excluding carboxylic acids is 3. The van der Waals surface area contributed by atoms with Gasteiger partial charge in [0.05, 0.1) is 22.7 Å². The number of nitro groups is 1. The highest BCUT2D eigenvalue weighted by Crippen LogP contribution is 2.20. The lowest BCUT2D eigenvalue weighted by Gasteiger charge is -2.17. The van der Waals surface area contributed by atoms with Gasteiger partial charge in [-0.05, 0) is 30.3 Å². The number of benzene rings is 2. The van der Waals surface area contributed by atoms with Crippen molar-refractivity contribution >= 4 is 34.8 Å². The summed E-state index contributed by atoms with van der Waals surface area (Å²) in [4.78, 5) is 47.0. The van der Waals surface area contributed by atoms with Crippen LogP contribution in [0.15, 0.2) is 42.5 Å². The minimum absolute atomic E-state index is 0.125. The molecule has 3 N–H and O–H groups in total. The quantitative estimate of drug-likeness (QED) is 0.308. The van der Waals surface area contributed by atoms with Crippen LogP contribution in [0.25, 0.3) is 0 Å². The van der Waals surface area contributed by atoms with Crippen molar-refractivity contribution in [1.29, 1.82) is 0 Å². The minimum atomic E-state index is -0.935. The zero-order valence-corrected chi connectivity index (χ0v) is 15.3. The van der Waals surface area contributed by atoms with E-state index in [-0.39, 0.29) is 23.5 Å². The summed E-state index contributed by atoms with van der Waals surface area (Å²) in [7, 11) is 1.33. The van der Waals surface area contributed by atoms with E-state index in [1.54, 1.807) is 0 Å². The number of non-ortho nitro benzene ring substituents is 1. The van der Waals surface area contributed by atoms with Crippen LogP contribution < -0.4 is 11.1 Å². The van der Waals surface area contributed by atoms with E-state index in [9.17, 15) is 28.9 Å². The molecule has 0 aliphatic rings. The number of hydrogen-bond donors (Lipinski definition) is 2. The lowest BCUT2D eigenvalue weighted by molar-refractivity contribution is -0.384. The average molecular weight is 404 g/mol. The van der Waals surface area contributed by atoms with Crippen molar-refractivity contribution in [1.82, 2.24) is 4.90 Å². The third kappa shape index (κ3) is 5.99. The molecule has 29 heavy (non-hydrogen) atoms. The first-order chi connectivity index (χ1) is 13.7. The number of carbonyl (C=O) groups is 3. The number of nitrogens with one attached hydrogen (secondary N) is 1. The third-order valence-electron chi connectivity index (χ3n) is 3.73. The molecule has 0 heterocycles. The molecule has 11 heteroatoms. The summed E-state index contributed by atoms with van der Waals surface area (Å²) in [5.41, 5.74) is 5.38. The van der Waals surface area contributed by atoms with Crippen LogP contribution in [0.5, 0.6) is 0 Å². The number of likely N-dealkylation sites (N-methyl/N-ethyl adjacent to an activating group) is 1. The first kappa shape index (κ1) is 21.3. The summed E-state index contributed by atoms with van der Waals surface area (Å²) in [5.74, 6) is -2.58. The molecular weight excluding hydrogens is 387 g/mol. The van der Waals surface area contributed by atoms with Gasteiger partial charge in [0.2, 0.25) is 5.91 Å². The normalized spacial score (nSPS) is 10.1. The number of esters is 1. The number of hydrogen-bond acceptors (Lipinski definition) is 7. The molecule has 0 radical (unpaired) electrons. The van der Waals surface area contributed by atoms with Gasteiger partial charge in [-0.15, -0.1) is 0 Å². The van der Waals surface area contributed by atoms with Crippen LogP contribution in [0.2, 0.25) is 0 Å². The van der Waals surface area contributed by atoms with Gasteiger partial charge in [-0.3, -0.25) is 19.7 Å². The predicted octanol–water partition coefficient (Wildman–Crippen LogP) is 1.57. The number of amides is 2. The predicted molar refractivity (Wildman–Crippen MR) is 100 cm³/mol. The fourth-order valence-electron chi connectivity index (χ4n) is 2.20. The van der Waals surface area contributed by atoms with Crippen LogP contribution in [-0.2, 0) is 14.3 Å². The fourth-order valence-corrected chi connectivity index (χ4v) is 2.20. The standard InChI is InChI=1S/C18H17FN4O6/c1-22(9-16(24)21-12-4-2-11(19)3-5-12)17(25)10-29-18(26)14-7-6-13(23(27)28)8-15(14)20/h2-8H,9-10,20H2,1H3,(H,21,24). The SMILES string of the molecule is CN(CC(=O)Nc1ccc(F)cc1)C(=O)COC(=O)c1ccc([N+](=O)[O-])cc1N. The summed E-state index contributed by atoms with van der Waals surface area (Å²) in [6, 6.07) is 8.30. The Morgan fingerprint density at radius 2 is 1.86 bits per heavy atom. The number of anilines is 2. The molecule has 2 rings (SSSR count). The second kappa shape index (κ2) is 9.26. The maximum absolute atomic E-state index is 12.8. The van der Waals surface area contributed by atoms with Gasteiger partial charge in [-0.2, -0.15) is 0 Å². The highest BCUT2D eigenvalue weighted by atomic mass is 19.1. The van der Waals surface area contributed by atoms with Gasteiger partial charge < -0.3 is 20.7 Å². The van der Waals surface area contributed by atoms with Crippen LogP contribution in [0.1, 0.15) is 10.4 Å². The monoisotopic (exact) mass is 404 g/mol. The average Bonchev–Trinajstić information content (AvgIpc) is 2.67. The molecule has 0 saturated carbocycles. The number of ether oxygens (including phenoxy) is 1. The Kier molecular flexibility index (Phi) is 6.80. The van der Waals surface area contributed by atoms with Crippen molar-refractivity contribution in [3.05, 3.63) is 64.0 Å². The van der Waals surface area contributed by atoms with E-state index >= 15 is 0 Å². The second-order valence-corrected chi connectivity index (χ2v) is 5.91. The summed E-state index contributed by atoms with van der Waals surface area (Å²) in [6.45, 7) is -0.983. The molecule has 0 saturated heterocycles. The summed E-state index contributed by atoms with van der Waals surface area (Å²) < 4.78 is 17.7. The van der Waals surface area contributed by atoms with Crippen molar-refractivity contribution in [2.45, 2.75) is 0 Å². The maximum atomic E-state index is 12.8. The van der Waals surface area contributed by atoms with E-state index in [4.69, 9.17) is 10.5 Å². The molecule has 2 aromatic rings. The molecule has 0 aromatic heterocycles. The van der Waals surface area contributed by atoms with E-state index in [1.807, 2.05) is 0 Å². The van der Waals surface area contributed by atoms with Crippen molar-refractivity contribution in [2.75, 3.05) is 31.2 Å². The Balaban J connectivity index is 1.86. The summed E-state index contributed by atoms with van der Waals surface area (Å²) in [5, 5.41) is 13.2. The summed E-state index contributed by atoms with van der Waals surface area (Å²) >= 11 is 0. The molecule has 2 amide bonds. The zero-order chi connectivity index (χ0) is 21.6.